The molecule has 0 aliphatic heterocycles. The van der Waals surface area contributed by atoms with Crippen LogP contribution in [0.25, 0.3) is 0 Å². The highest BCUT2D eigenvalue weighted by Crippen LogP contribution is 2.12. The van der Waals surface area contributed by atoms with Crippen LogP contribution in [0, 0.1) is 0 Å². The molecule has 0 bridgehead atoms. The molecule has 0 aliphatic carbocycles. The molecule has 0 spiro atoms. The third-order valence-corrected chi connectivity index (χ3v) is 1.65. The first kappa shape index (κ1) is 7.73. The summed E-state index contributed by atoms with van der Waals surface area (Å²) >= 11 is 0. The van der Waals surface area contributed by atoms with Gasteiger partial charge in [0.25, 0.3) is 0 Å². The first-order valence-corrected chi connectivity index (χ1v) is 4.04. The number of hydrogen-bond donors (Lipinski definition) is 1. The molecule has 64 valence electrons. The number of rotatable bonds is 2. The molecule has 0 aliphatic rings. The summed E-state index contributed by atoms with van der Waals surface area (Å²) in [7, 11) is 0. The fraction of sp³-hybridized carbons (Fsp3) is 0. The van der Waals surface area contributed by atoms with Gasteiger partial charge in [0.15, 0.2) is 0 Å². The lowest BCUT2D eigenvalue weighted by atomic mass is 10.3. The van der Waals surface area contributed by atoms with Gasteiger partial charge in [0.2, 0.25) is 0 Å². The molecule has 0 radical (unpaired) electrons. The van der Waals surface area contributed by atoms with E-state index in [9.17, 15) is 0 Å². The van der Waals surface area contributed by atoms with Crippen molar-refractivity contribution in [1.82, 2.24) is 10.2 Å². The van der Waals surface area contributed by atoms with Crippen LogP contribution < -0.4 is 5.32 Å². The molecule has 0 saturated heterocycles. The average molecular weight is 171 g/mol. The Morgan fingerprint density at radius 2 is 1.69 bits per heavy atom. The normalized spacial score (nSPS) is 9.54. The van der Waals surface area contributed by atoms with Gasteiger partial charge in [-0.05, 0) is 18.2 Å². The molecular formula is C10H9N3. The number of para-hydroxylation sites is 1. The van der Waals surface area contributed by atoms with Gasteiger partial charge in [0.1, 0.15) is 0 Å². The van der Waals surface area contributed by atoms with Gasteiger partial charge in [-0.2, -0.15) is 10.2 Å². The maximum atomic E-state index is 3.77. The number of anilines is 2. The molecule has 3 nitrogen and oxygen atoms in total. The van der Waals surface area contributed by atoms with Crippen molar-refractivity contribution in [2.24, 2.45) is 0 Å². The van der Waals surface area contributed by atoms with Crippen LogP contribution in [0.5, 0.6) is 0 Å². The minimum atomic E-state index is 0.946. The molecule has 2 aromatic rings. The quantitative estimate of drug-likeness (QED) is 0.752. The number of nitrogens with one attached hydrogen (secondary N) is 1. The average Bonchev–Trinajstić information content (AvgIpc) is 2.21. The maximum absolute atomic E-state index is 3.77. The molecule has 0 fully saturated rings. The van der Waals surface area contributed by atoms with E-state index in [1.165, 1.54) is 0 Å². The second kappa shape index (κ2) is 3.67. The number of benzene rings is 1. The molecule has 0 amide bonds. The van der Waals surface area contributed by atoms with Crippen molar-refractivity contribution in [3.05, 3.63) is 48.8 Å². The Kier molecular flexibility index (Phi) is 2.18. The zero-order chi connectivity index (χ0) is 8.93. The lowest BCUT2D eigenvalue weighted by Gasteiger charge is -2.03. The van der Waals surface area contributed by atoms with Crippen molar-refractivity contribution in [3.8, 4) is 0 Å². The van der Waals surface area contributed by atoms with E-state index in [1.54, 1.807) is 12.4 Å². The fourth-order valence-corrected chi connectivity index (χ4v) is 1.05. The van der Waals surface area contributed by atoms with Crippen molar-refractivity contribution in [2.75, 3.05) is 5.32 Å². The fourth-order valence-electron chi connectivity index (χ4n) is 1.05. The van der Waals surface area contributed by atoms with Crippen LogP contribution in [0.2, 0.25) is 0 Å². The van der Waals surface area contributed by atoms with Gasteiger partial charge in [0, 0.05) is 5.69 Å². The van der Waals surface area contributed by atoms with Crippen molar-refractivity contribution >= 4 is 11.4 Å². The van der Waals surface area contributed by atoms with Gasteiger partial charge in [-0.3, -0.25) is 0 Å². The monoisotopic (exact) mass is 171 g/mol. The predicted molar refractivity (Wildman–Crippen MR) is 51.8 cm³/mol. The molecule has 0 saturated carbocycles. The van der Waals surface area contributed by atoms with E-state index in [2.05, 4.69) is 15.5 Å². The van der Waals surface area contributed by atoms with Crippen molar-refractivity contribution < 1.29 is 0 Å². The summed E-state index contributed by atoms with van der Waals surface area (Å²) in [5, 5.41) is 10.7. The number of nitrogens with zero attached hydrogens (tertiary/aromatic N) is 2. The zero-order valence-corrected chi connectivity index (χ0v) is 7.01. The number of hydrogen-bond acceptors (Lipinski definition) is 3. The summed E-state index contributed by atoms with van der Waals surface area (Å²) < 4.78 is 0. The lowest BCUT2D eigenvalue weighted by Crippen LogP contribution is -1.90. The van der Waals surface area contributed by atoms with Gasteiger partial charge in [-0.15, -0.1) is 0 Å². The van der Waals surface area contributed by atoms with E-state index in [-0.39, 0.29) is 0 Å². The molecule has 0 atom stereocenters. The van der Waals surface area contributed by atoms with E-state index in [0.717, 1.165) is 11.4 Å². The van der Waals surface area contributed by atoms with E-state index >= 15 is 0 Å². The second-order valence-electron chi connectivity index (χ2n) is 2.62. The SMILES string of the molecule is c1ccc(Nc2ccnnc2)cc1. The summed E-state index contributed by atoms with van der Waals surface area (Å²) in [4.78, 5) is 0. The molecule has 1 N–H and O–H groups in total. The van der Waals surface area contributed by atoms with Crippen LogP contribution in [0.4, 0.5) is 11.4 Å². The summed E-state index contributed by atoms with van der Waals surface area (Å²) in [6.45, 7) is 0. The van der Waals surface area contributed by atoms with Crippen molar-refractivity contribution in [2.45, 2.75) is 0 Å². The lowest BCUT2D eigenvalue weighted by molar-refractivity contribution is 1.03. The summed E-state index contributed by atoms with van der Waals surface area (Å²) in [6.07, 6.45) is 3.35. The predicted octanol–water partition coefficient (Wildman–Crippen LogP) is 2.22. The standard InChI is InChI=1S/C10H9N3/c1-2-4-9(5-3-1)13-10-6-7-11-12-8-10/h1-8H,(H,11,13). The molecule has 1 heterocycles. The van der Waals surface area contributed by atoms with Gasteiger partial charge in [0.05, 0.1) is 18.1 Å². The van der Waals surface area contributed by atoms with Crippen LogP contribution in [0.3, 0.4) is 0 Å². The zero-order valence-electron chi connectivity index (χ0n) is 7.01. The van der Waals surface area contributed by atoms with Gasteiger partial charge < -0.3 is 5.32 Å². The van der Waals surface area contributed by atoms with Crippen LogP contribution in [-0.4, -0.2) is 10.2 Å². The summed E-state index contributed by atoms with van der Waals surface area (Å²) in [5.74, 6) is 0. The second-order valence-corrected chi connectivity index (χ2v) is 2.62. The summed E-state index contributed by atoms with van der Waals surface area (Å²) in [6, 6.07) is 11.8. The first-order chi connectivity index (χ1) is 6.45. The van der Waals surface area contributed by atoms with Crippen LogP contribution >= 0.6 is 0 Å². The smallest absolute Gasteiger partial charge is 0.0731 e. The van der Waals surface area contributed by atoms with Crippen molar-refractivity contribution in [3.63, 3.8) is 0 Å². The highest BCUT2D eigenvalue weighted by atomic mass is 15.1. The molecule has 1 aromatic heterocycles. The van der Waals surface area contributed by atoms with Gasteiger partial charge >= 0.3 is 0 Å². The third kappa shape index (κ3) is 2.02. The van der Waals surface area contributed by atoms with E-state index in [0.29, 0.717) is 0 Å². The largest absolute Gasteiger partial charge is 0.354 e. The Balaban J connectivity index is 2.16. The van der Waals surface area contributed by atoms with Crippen LogP contribution in [-0.2, 0) is 0 Å². The Labute approximate surface area is 76.4 Å². The first-order valence-electron chi connectivity index (χ1n) is 4.04. The molecule has 3 heteroatoms. The molecule has 0 unspecified atom stereocenters. The Hall–Kier alpha value is -1.90. The third-order valence-electron chi connectivity index (χ3n) is 1.65. The van der Waals surface area contributed by atoms with Crippen molar-refractivity contribution in [1.29, 1.82) is 0 Å². The molecule has 2 rings (SSSR count). The topological polar surface area (TPSA) is 37.8 Å². The van der Waals surface area contributed by atoms with Crippen LogP contribution in [0.15, 0.2) is 48.8 Å². The Morgan fingerprint density at radius 3 is 2.38 bits per heavy atom. The number of aromatic nitrogens is 2. The highest BCUT2D eigenvalue weighted by Gasteiger charge is 1.91. The van der Waals surface area contributed by atoms with Gasteiger partial charge in [-0.25, -0.2) is 0 Å². The van der Waals surface area contributed by atoms with Crippen LogP contribution in [0.1, 0.15) is 0 Å². The highest BCUT2D eigenvalue weighted by molar-refractivity contribution is 5.57. The van der Waals surface area contributed by atoms with E-state index in [1.807, 2.05) is 36.4 Å². The molecular weight excluding hydrogens is 162 g/mol. The Morgan fingerprint density at radius 1 is 0.846 bits per heavy atom. The minimum Gasteiger partial charge on any atom is -0.354 e. The molecule has 1 aromatic carbocycles. The van der Waals surface area contributed by atoms with E-state index < -0.39 is 0 Å². The van der Waals surface area contributed by atoms with E-state index in [4.69, 9.17) is 0 Å². The van der Waals surface area contributed by atoms with Gasteiger partial charge in [-0.1, -0.05) is 18.2 Å². The molecule has 13 heavy (non-hydrogen) atoms. The summed E-state index contributed by atoms with van der Waals surface area (Å²) in [5.41, 5.74) is 2.00. The minimum absolute atomic E-state index is 0.946. The maximum Gasteiger partial charge on any atom is 0.0731 e. The Bertz CT molecular complexity index is 321.